The maximum absolute atomic E-state index is 13.2. The van der Waals surface area contributed by atoms with E-state index >= 15 is 0 Å². The summed E-state index contributed by atoms with van der Waals surface area (Å²) < 4.78 is 10.8. The van der Waals surface area contributed by atoms with Gasteiger partial charge in [0.1, 0.15) is 18.7 Å². The van der Waals surface area contributed by atoms with Gasteiger partial charge in [-0.2, -0.15) is 0 Å². The molecule has 3 amide bonds. The van der Waals surface area contributed by atoms with Crippen LogP contribution >= 0.6 is 0 Å². The third-order valence-electron chi connectivity index (χ3n) is 6.53. The second-order valence-corrected chi connectivity index (χ2v) is 8.89. The van der Waals surface area contributed by atoms with E-state index in [2.05, 4.69) is 17.6 Å². The molecule has 8 nitrogen and oxygen atoms in total. The number of carbonyl (C=O) groups is 3. The van der Waals surface area contributed by atoms with Crippen molar-refractivity contribution in [2.24, 2.45) is 5.41 Å². The second kappa shape index (κ2) is 9.89. The normalized spacial score (nSPS) is 28.1. The number of ether oxygens (including phenoxy) is 2. The summed E-state index contributed by atoms with van der Waals surface area (Å²) in [5.41, 5.74) is 0.0128. The maximum atomic E-state index is 13.2. The van der Waals surface area contributed by atoms with Gasteiger partial charge in [-0.3, -0.25) is 9.59 Å². The van der Waals surface area contributed by atoms with Gasteiger partial charge in [0.25, 0.3) is 0 Å². The van der Waals surface area contributed by atoms with Gasteiger partial charge < -0.3 is 25.0 Å². The molecule has 0 bridgehead atoms. The molecule has 3 atom stereocenters. The Kier molecular flexibility index (Phi) is 7.51. The van der Waals surface area contributed by atoms with Crippen LogP contribution in [0.1, 0.15) is 58.8 Å². The summed E-state index contributed by atoms with van der Waals surface area (Å²) in [6.07, 6.45) is 6.54. The Morgan fingerprint density at radius 2 is 1.90 bits per heavy atom. The molecule has 0 unspecified atom stereocenters. The van der Waals surface area contributed by atoms with Gasteiger partial charge in [-0.1, -0.05) is 33.1 Å². The zero-order valence-corrected chi connectivity index (χ0v) is 17.7. The van der Waals surface area contributed by atoms with Crippen molar-refractivity contribution in [3.8, 4) is 0 Å². The van der Waals surface area contributed by atoms with Crippen LogP contribution in [0.5, 0.6) is 0 Å². The van der Waals surface area contributed by atoms with Crippen LogP contribution in [-0.4, -0.2) is 73.7 Å². The zero-order chi connectivity index (χ0) is 20.9. The quantitative estimate of drug-likeness (QED) is 0.695. The van der Waals surface area contributed by atoms with Crippen LogP contribution in [0.2, 0.25) is 0 Å². The summed E-state index contributed by atoms with van der Waals surface area (Å²) in [6.45, 7) is 6.22. The third-order valence-corrected chi connectivity index (χ3v) is 6.53. The Labute approximate surface area is 173 Å². The van der Waals surface area contributed by atoms with E-state index in [-0.39, 0.29) is 35.8 Å². The van der Waals surface area contributed by atoms with Crippen molar-refractivity contribution in [2.45, 2.75) is 77.0 Å². The molecule has 2 saturated heterocycles. The first-order valence-corrected chi connectivity index (χ1v) is 11.0. The smallest absolute Gasteiger partial charge is 0.318 e. The molecule has 29 heavy (non-hydrogen) atoms. The van der Waals surface area contributed by atoms with E-state index in [0.29, 0.717) is 39.1 Å². The van der Waals surface area contributed by atoms with Crippen molar-refractivity contribution < 1.29 is 23.9 Å². The number of carbonyl (C=O) groups excluding carboxylic acids is 3. The summed E-state index contributed by atoms with van der Waals surface area (Å²) >= 11 is 0. The molecule has 2 heterocycles. The Bertz CT molecular complexity index is 599. The minimum atomic E-state index is -0.667. The summed E-state index contributed by atoms with van der Waals surface area (Å²) in [4.78, 5) is 39.8. The molecule has 1 aliphatic carbocycles. The molecular weight excluding hydrogens is 374 g/mol. The van der Waals surface area contributed by atoms with Gasteiger partial charge in [-0.25, -0.2) is 4.79 Å². The predicted octanol–water partition coefficient (Wildman–Crippen LogP) is 1.62. The highest BCUT2D eigenvalue weighted by atomic mass is 16.5. The molecule has 3 fully saturated rings. The van der Waals surface area contributed by atoms with Gasteiger partial charge in [-0.15, -0.1) is 0 Å². The molecule has 1 saturated carbocycles. The lowest BCUT2D eigenvalue weighted by atomic mass is 9.71. The van der Waals surface area contributed by atoms with Gasteiger partial charge in [0.2, 0.25) is 5.91 Å². The van der Waals surface area contributed by atoms with Gasteiger partial charge in [-0.05, 0) is 31.1 Å². The van der Waals surface area contributed by atoms with Crippen molar-refractivity contribution in [1.82, 2.24) is 15.5 Å². The molecule has 0 spiro atoms. The second-order valence-electron chi connectivity index (χ2n) is 8.89. The van der Waals surface area contributed by atoms with E-state index in [4.69, 9.17) is 9.47 Å². The molecule has 3 rings (SSSR count). The molecule has 2 aliphatic heterocycles. The molecule has 0 radical (unpaired) electrons. The van der Waals surface area contributed by atoms with Crippen LogP contribution in [0, 0.1) is 5.41 Å². The number of nitrogens with zero attached hydrogens (tertiary/aromatic N) is 1. The predicted molar refractivity (Wildman–Crippen MR) is 107 cm³/mol. The average molecular weight is 410 g/mol. The minimum Gasteiger partial charge on any atom is -0.378 e. The lowest BCUT2D eigenvalue weighted by molar-refractivity contribution is -0.128. The lowest BCUT2D eigenvalue weighted by Gasteiger charge is -2.37. The zero-order valence-electron chi connectivity index (χ0n) is 17.7. The third kappa shape index (κ3) is 5.69. The summed E-state index contributed by atoms with van der Waals surface area (Å²) in [5.74, 6) is -0.395. The van der Waals surface area contributed by atoms with Gasteiger partial charge in [0, 0.05) is 13.1 Å². The Balaban J connectivity index is 1.69. The fraction of sp³-hybridized carbons (Fsp3) is 0.857. The van der Waals surface area contributed by atoms with E-state index in [0.717, 1.165) is 25.7 Å². The highest BCUT2D eigenvalue weighted by Gasteiger charge is 2.39. The van der Waals surface area contributed by atoms with Crippen molar-refractivity contribution in [3.05, 3.63) is 0 Å². The van der Waals surface area contributed by atoms with E-state index in [9.17, 15) is 14.4 Å². The standard InChI is InChI=1S/C21H35N3O5/c1-3-17-18(16(25)14-29-17)23-19(26)15(13-21(2)7-5-4-6-8-21)22-20(27)24-9-11-28-12-10-24/h15,17-18H,3-14H2,1-2H3,(H,22,27)(H,23,26)/t15-,17-,18+/m0/s1. The first kappa shape index (κ1) is 22.0. The van der Waals surface area contributed by atoms with Crippen LogP contribution in [0.25, 0.3) is 0 Å². The number of amides is 3. The Hall–Kier alpha value is -1.67. The maximum Gasteiger partial charge on any atom is 0.318 e. The van der Waals surface area contributed by atoms with Crippen molar-refractivity contribution in [3.63, 3.8) is 0 Å². The van der Waals surface area contributed by atoms with Crippen molar-refractivity contribution >= 4 is 17.7 Å². The topological polar surface area (TPSA) is 97.0 Å². The SMILES string of the molecule is CC[C@@H]1OCC(=O)[C@H]1NC(=O)[C@H](CC1(C)CCCCC1)NC(=O)N1CCOCC1. The van der Waals surface area contributed by atoms with Crippen molar-refractivity contribution in [1.29, 1.82) is 0 Å². The number of urea groups is 1. The minimum absolute atomic E-state index is 0.0128. The highest BCUT2D eigenvalue weighted by molar-refractivity contribution is 5.94. The number of nitrogens with one attached hydrogen (secondary N) is 2. The summed E-state index contributed by atoms with van der Waals surface area (Å²) in [6, 6.07) is -1.54. The Morgan fingerprint density at radius 1 is 1.21 bits per heavy atom. The number of Topliss-reactive ketones (excluding diaryl/α,β-unsaturated/α-hetero) is 1. The van der Waals surface area contributed by atoms with Gasteiger partial charge >= 0.3 is 6.03 Å². The first-order valence-electron chi connectivity index (χ1n) is 11.0. The van der Waals surface area contributed by atoms with E-state index in [1.807, 2.05) is 6.92 Å². The van der Waals surface area contributed by atoms with Crippen LogP contribution in [0.4, 0.5) is 4.79 Å². The van der Waals surface area contributed by atoms with E-state index in [1.165, 1.54) is 6.42 Å². The molecule has 8 heteroatoms. The largest absolute Gasteiger partial charge is 0.378 e. The molecule has 0 aromatic heterocycles. The fourth-order valence-electron chi connectivity index (χ4n) is 4.68. The summed E-state index contributed by atoms with van der Waals surface area (Å²) in [5, 5.41) is 5.82. The van der Waals surface area contributed by atoms with Crippen LogP contribution in [-0.2, 0) is 19.1 Å². The van der Waals surface area contributed by atoms with Crippen molar-refractivity contribution in [2.75, 3.05) is 32.9 Å². The summed E-state index contributed by atoms with van der Waals surface area (Å²) in [7, 11) is 0. The lowest BCUT2D eigenvalue weighted by Crippen LogP contribution is -2.57. The molecule has 0 aromatic rings. The fourth-order valence-corrected chi connectivity index (χ4v) is 4.68. The molecule has 3 aliphatic rings. The molecular formula is C21H35N3O5. The molecule has 2 N–H and O–H groups in total. The highest BCUT2D eigenvalue weighted by Crippen LogP contribution is 2.39. The average Bonchev–Trinajstić information content (AvgIpc) is 3.08. The van der Waals surface area contributed by atoms with Crippen LogP contribution in [0.15, 0.2) is 0 Å². The number of rotatable bonds is 6. The number of ketones is 1. The number of hydrogen-bond donors (Lipinski definition) is 2. The van der Waals surface area contributed by atoms with Gasteiger partial charge in [0.05, 0.1) is 19.3 Å². The van der Waals surface area contributed by atoms with Gasteiger partial charge in [0.15, 0.2) is 5.78 Å². The van der Waals surface area contributed by atoms with Crippen LogP contribution < -0.4 is 10.6 Å². The molecule has 0 aromatic carbocycles. The molecule has 164 valence electrons. The van der Waals surface area contributed by atoms with E-state index in [1.54, 1.807) is 4.90 Å². The number of morpholine rings is 1. The number of hydrogen-bond acceptors (Lipinski definition) is 5. The monoisotopic (exact) mass is 409 g/mol. The van der Waals surface area contributed by atoms with Crippen LogP contribution in [0.3, 0.4) is 0 Å². The first-order chi connectivity index (χ1) is 13.9. The van der Waals surface area contributed by atoms with E-state index < -0.39 is 12.1 Å². The Morgan fingerprint density at radius 3 is 2.55 bits per heavy atom.